The number of hydrogen-bond donors (Lipinski definition) is 2. The van der Waals surface area contributed by atoms with Crippen molar-refractivity contribution in [3.63, 3.8) is 0 Å². The summed E-state index contributed by atoms with van der Waals surface area (Å²) in [4.78, 5) is 16.3. The van der Waals surface area contributed by atoms with Crippen LogP contribution < -0.4 is 10.6 Å². The maximum absolute atomic E-state index is 12.0. The van der Waals surface area contributed by atoms with Gasteiger partial charge in [0.05, 0.1) is 11.9 Å². The zero-order valence-electron chi connectivity index (χ0n) is 11.5. The molecule has 0 bridgehead atoms. The van der Waals surface area contributed by atoms with Gasteiger partial charge in [0.2, 0.25) is 5.91 Å². The number of nitrogens with zero attached hydrogens (tertiary/aromatic N) is 1. The van der Waals surface area contributed by atoms with Crippen molar-refractivity contribution in [2.75, 3.05) is 23.8 Å². The van der Waals surface area contributed by atoms with Crippen LogP contribution >= 0.6 is 0 Å². The van der Waals surface area contributed by atoms with Gasteiger partial charge in [-0.05, 0) is 38.8 Å². The maximum Gasteiger partial charge on any atom is 0.227 e. The maximum atomic E-state index is 12.0. The van der Waals surface area contributed by atoms with E-state index in [1.807, 2.05) is 12.1 Å². The molecule has 0 atom stereocenters. The van der Waals surface area contributed by atoms with E-state index in [2.05, 4.69) is 29.5 Å². The lowest BCUT2D eigenvalue weighted by atomic mass is 9.99. The fourth-order valence-corrected chi connectivity index (χ4v) is 2.05. The summed E-state index contributed by atoms with van der Waals surface area (Å²) in [5.74, 6) is 0.941. The summed E-state index contributed by atoms with van der Waals surface area (Å²) in [7, 11) is 0. The minimum atomic E-state index is 0.0576. The quantitative estimate of drug-likeness (QED) is 0.874. The Bertz CT molecular complexity index is 411. The van der Waals surface area contributed by atoms with E-state index in [1.165, 1.54) is 0 Å². The van der Waals surface area contributed by atoms with E-state index in [4.69, 9.17) is 4.74 Å². The van der Waals surface area contributed by atoms with Crippen molar-refractivity contribution in [2.45, 2.75) is 32.7 Å². The molecule has 2 N–H and O–H groups in total. The highest BCUT2D eigenvalue weighted by Gasteiger charge is 2.21. The predicted molar refractivity (Wildman–Crippen MR) is 75.2 cm³/mol. The fourth-order valence-electron chi connectivity index (χ4n) is 2.05. The molecular weight excluding hydrogens is 242 g/mol. The number of rotatable bonds is 4. The van der Waals surface area contributed by atoms with Gasteiger partial charge in [-0.25, -0.2) is 4.98 Å². The van der Waals surface area contributed by atoms with E-state index in [1.54, 1.807) is 6.20 Å². The molecule has 0 unspecified atom stereocenters. The Morgan fingerprint density at radius 2 is 2.11 bits per heavy atom. The van der Waals surface area contributed by atoms with Crippen LogP contribution in [0.25, 0.3) is 0 Å². The largest absolute Gasteiger partial charge is 0.381 e. The molecule has 0 aliphatic carbocycles. The Balaban J connectivity index is 1.89. The minimum Gasteiger partial charge on any atom is -0.381 e. The molecule has 2 heterocycles. The van der Waals surface area contributed by atoms with Gasteiger partial charge in [-0.3, -0.25) is 4.79 Å². The Morgan fingerprint density at radius 1 is 1.37 bits per heavy atom. The standard InChI is InChI=1S/C14H21N3O2/c1-10(2)16-13-4-3-12(9-15-13)17-14(18)11-5-7-19-8-6-11/h3-4,9-11H,5-8H2,1-2H3,(H,15,16)(H,17,18). The molecule has 0 aromatic carbocycles. The molecule has 1 amide bonds. The first kappa shape index (κ1) is 13.8. The molecule has 104 valence electrons. The van der Waals surface area contributed by atoms with Gasteiger partial charge < -0.3 is 15.4 Å². The number of aromatic nitrogens is 1. The molecule has 1 aliphatic rings. The molecule has 1 aromatic heterocycles. The molecule has 0 saturated carbocycles. The number of carbonyl (C=O) groups excluding carboxylic acids is 1. The lowest BCUT2D eigenvalue weighted by molar-refractivity contribution is -0.122. The van der Waals surface area contributed by atoms with Crippen LogP contribution in [0.1, 0.15) is 26.7 Å². The predicted octanol–water partition coefficient (Wildman–Crippen LogP) is 2.27. The molecule has 19 heavy (non-hydrogen) atoms. The monoisotopic (exact) mass is 263 g/mol. The van der Waals surface area contributed by atoms with E-state index in [9.17, 15) is 4.79 Å². The number of hydrogen-bond acceptors (Lipinski definition) is 4. The van der Waals surface area contributed by atoms with E-state index in [-0.39, 0.29) is 11.8 Å². The third kappa shape index (κ3) is 4.21. The molecule has 0 spiro atoms. The van der Waals surface area contributed by atoms with Crippen LogP contribution in [0.3, 0.4) is 0 Å². The summed E-state index contributed by atoms with van der Waals surface area (Å²) in [6.45, 7) is 5.46. The molecule has 1 saturated heterocycles. The molecule has 1 aliphatic heterocycles. The second kappa shape index (κ2) is 6.52. The SMILES string of the molecule is CC(C)Nc1ccc(NC(=O)C2CCOCC2)cn1. The van der Waals surface area contributed by atoms with Gasteiger partial charge in [0.15, 0.2) is 0 Å². The lowest BCUT2D eigenvalue weighted by Gasteiger charge is -2.21. The van der Waals surface area contributed by atoms with Crippen LogP contribution in [0.5, 0.6) is 0 Å². The summed E-state index contributed by atoms with van der Waals surface area (Å²) in [5.41, 5.74) is 0.741. The summed E-state index contributed by atoms with van der Waals surface area (Å²) < 4.78 is 5.25. The van der Waals surface area contributed by atoms with E-state index < -0.39 is 0 Å². The number of amides is 1. The third-order valence-corrected chi connectivity index (χ3v) is 3.06. The average molecular weight is 263 g/mol. The van der Waals surface area contributed by atoms with Crippen LogP contribution in [0.15, 0.2) is 18.3 Å². The average Bonchev–Trinajstić information content (AvgIpc) is 2.41. The molecule has 0 radical (unpaired) electrons. The van der Waals surface area contributed by atoms with Gasteiger partial charge in [-0.1, -0.05) is 0 Å². The van der Waals surface area contributed by atoms with E-state index in [0.717, 1.165) is 24.3 Å². The van der Waals surface area contributed by atoms with Gasteiger partial charge in [0.1, 0.15) is 5.82 Å². The topological polar surface area (TPSA) is 63.2 Å². The van der Waals surface area contributed by atoms with Crippen molar-refractivity contribution in [3.05, 3.63) is 18.3 Å². The van der Waals surface area contributed by atoms with E-state index >= 15 is 0 Å². The Labute approximate surface area is 113 Å². The highest BCUT2D eigenvalue weighted by Crippen LogP contribution is 2.18. The van der Waals surface area contributed by atoms with Crippen LogP contribution in [-0.2, 0) is 9.53 Å². The first-order valence-electron chi connectivity index (χ1n) is 6.76. The van der Waals surface area contributed by atoms with Crippen LogP contribution in [0, 0.1) is 5.92 Å². The van der Waals surface area contributed by atoms with Crippen molar-refractivity contribution < 1.29 is 9.53 Å². The minimum absolute atomic E-state index is 0.0576. The Morgan fingerprint density at radius 3 is 2.68 bits per heavy atom. The van der Waals surface area contributed by atoms with Crippen molar-refractivity contribution in [2.24, 2.45) is 5.92 Å². The first-order chi connectivity index (χ1) is 9.15. The number of pyridine rings is 1. The van der Waals surface area contributed by atoms with Gasteiger partial charge in [-0.2, -0.15) is 0 Å². The summed E-state index contributed by atoms with van der Waals surface area (Å²) in [6.07, 6.45) is 3.28. The number of nitrogens with one attached hydrogen (secondary N) is 2. The molecular formula is C14H21N3O2. The molecule has 5 nitrogen and oxygen atoms in total. The second-order valence-electron chi connectivity index (χ2n) is 5.11. The highest BCUT2D eigenvalue weighted by molar-refractivity contribution is 5.92. The normalized spacial score (nSPS) is 16.4. The fraction of sp³-hybridized carbons (Fsp3) is 0.571. The highest BCUT2D eigenvalue weighted by atomic mass is 16.5. The van der Waals surface area contributed by atoms with Crippen molar-refractivity contribution in [1.29, 1.82) is 0 Å². The van der Waals surface area contributed by atoms with Gasteiger partial charge >= 0.3 is 0 Å². The van der Waals surface area contributed by atoms with E-state index in [0.29, 0.717) is 19.3 Å². The van der Waals surface area contributed by atoms with Gasteiger partial charge in [-0.15, -0.1) is 0 Å². The van der Waals surface area contributed by atoms with Gasteiger partial charge in [0, 0.05) is 25.2 Å². The van der Waals surface area contributed by atoms with Crippen molar-refractivity contribution >= 4 is 17.4 Å². The Hall–Kier alpha value is -1.62. The zero-order valence-corrected chi connectivity index (χ0v) is 11.5. The van der Waals surface area contributed by atoms with Crippen molar-refractivity contribution in [3.8, 4) is 0 Å². The summed E-state index contributed by atoms with van der Waals surface area (Å²) >= 11 is 0. The molecule has 5 heteroatoms. The number of carbonyl (C=O) groups is 1. The summed E-state index contributed by atoms with van der Waals surface area (Å²) in [6, 6.07) is 4.09. The molecule has 2 rings (SSSR count). The third-order valence-electron chi connectivity index (χ3n) is 3.06. The Kier molecular flexibility index (Phi) is 4.74. The molecule has 1 aromatic rings. The van der Waals surface area contributed by atoms with Crippen LogP contribution in [0.4, 0.5) is 11.5 Å². The number of anilines is 2. The lowest BCUT2D eigenvalue weighted by Crippen LogP contribution is -2.28. The smallest absolute Gasteiger partial charge is 0.227 e. The van der Waals surface area contributed by atoms with Crippen LogP contribution in [0.2, 0.25) is 0 Å². The second-order valence-corrected chi connectivity index (χ2v) is 5.11. The zero-order chi connectivity index (χ0) is 13.7. The van der Waals surface area contributed by atoms with Crippen LogP contribution in [-0.4, -0.2) is 30.1 Å². The first-order valence-corrected chi connectivity index (χ1v) is 6.76. The van der Waals surface area contributed by atoms with Gasteiger partial charge in [0.25, 0.3) is 0 Å². The van der Waals surface area contributed by atoms with Crippen molar-refractivity contribution in [1.82, 2.24) is 4.98 Å². The summed E-state index contributed by atoms with van der Waals surface area (Å²) in [5, 5.41) is 6.12. The molecule has 1 fully saturated rings. The number of ether oxygens (including phenoxy) is 1.